The maximum Gasteiger partial charge on any atom is 0.258 e. The number of hydrogen-bond donors (Lipinski definition) is 2. The predicted molar refractivity (Wildman–Crippen MR) is 85.7 cm³/mol. The number of hydrogen-bond acceptors (Lipinski definition) is 3. The fourth-order valence-electron chi connectivity index (χ4n) is 2.24. The lowest BCUT2D eigenvalue weighted by molar-refractivity contribution is -0.124. The second-order valence-electron chi connectivity index (χ2n) is 4.96. The summed E-state index contributed by atoms with van der Waals surface area (Å²) in [5.41, 5.74) is 1.93. The Labute approximate surface area is 130 Å². The Morgan fingerprint density at radius 3 is 2.50 bits per heavy atom. The van der Waals surface area contributed by atoms with Gasteiger partial charge < -0.3 is 15.2 Å². The summed E-state index contributed by atoms with van der Waals surface area (Å²) < 4.78 is 5.58. The van der Waals surface area contributed by atoms with Crippen LogP contribution in [0.15, 0.2) is 54.6 Å². The molecule has 1 atom stereocenters. The van der Waals surface area contributed by atoms with Crippen LogP contribution in [0.25, 0.3) is 0 Å². The van der Waals surface area contributed by atoms with Crippen molar-refractivity contribution < 1.29 is 14.6 Å². The first kappa shape index (κ1) is 16.0. The number of aliphatic hydroxyl groups excluding tert-OH is 1. The van der Waals surface area contributed by atoms with Crippen LogP contribution >= 0.6 is 0 Å². The van der Waals surface area contributed by atoms with Gasteiger partial charge in [-0.25, -0.2) is 0 Å². The van der Waals surface area contributed by atoms with Crippen LogP contribution in [0.4, 0.5) is 0 Å². The van der Waals surface area contributed by atoms with Crippen molar-refractivity contribution in [2.24, 2.45) is 0 Å². The van der Waals surface area contributed by atoms with E-state index in [-0.39, 0.29) is 19.1 Å². The summed E-state index contributed by atoms with van der Waals surface area (Å²) in [6.45, 7) is 1.82. The molecule has 116 valence electrons. The van der Waals surface area contributed by atoms with Gasteiger partial charge in [0.2, 0.25) is 0 Å². The molecular formula is C18H21NO3. The molecule has 0 fully saturated rings. The summed E-state index contributed by atoms with van der Waals surface area (Å²) in [4.78, 5) is 12.0. The predicted octanol–water partition coefficient (Wildman–Crippen LogP) is 2.48. The highest BCUT2D eigenvalue weighted by Gasteiger charge is 2.14. The third-order valence-corrected chi connectivity index (χ3v) is 3.43. The maximum atomic E-state index is 12.0. The van der Waals surface area contributed by atoms with Gasteiger partial charge >= 0.3 is 0 Å². The maximum absolute atomic E-state index is 12.0. The molecule has 0 unspecified atom stereocenters. The van der Waals surface area contributed by atoms with Crippen LogP contribution in [0.5, 0.6) is 5.75 Å². The molecule has 0 saturated carbocycles. The molecule has 0 spiro atoms. The van der Waals surface area contributed by atoms with Crippen molar-refractivity contribution in [1.82, 2.24) is 5.32 Å². The van der Waals surface area contributed by atoms with Crippen molar-refractivity contribution >= 4 is 5.91 Å². The van der Waals surface area contributed by atoms with E-state index in [1.165, 1.54) is 0 Å². The zero-order valence-corrected chi connectivity index (χ0v) is 12.7. The standard InChI is InChI=1S/C18H21NO3/c1-2-14-8-6-7-11-17(14)22-13-18(21)19-16(12-20)15-9-4-3-5-10-15/h3-11,16,20H,2,12-13H2,1H3,(H,19,21)/t16-/m1/s1. The summed E-state index contributed by atoms with van der Waals surface area (Å²) in [7, 11) is 0. The van der Waals surface area contributed by atoms with Gasteiger partial charge in [0.25, 0.3) is 5.91 Å². The molecule has 0 aliphatic carbocycles. The number of para-hydroxylation sites is 1. The van der Waals surface area contributed by atoms with E-state index in [1.807, 2.05) is 61.5 Å². The van der Waals surface area contributed by atoms with E-state index < -0.39 is 6.04 Å². The number of ether oxygens (including phenoxy) is 1. The van der Waals surface area contributed by atoms with Crippen molar-refractivity contribution in [2.75, 3.05) is 13.2 Å². The lowest BCUT2D eigenvalue weighted by atomic mass is 10.1. The molecule has 4 nitrogen and oxygen atoms in total. The summed E-state index contributed by atoms with van der Waals surface area (Å²) in [6.07, 6.45) is 0.848. The van der Waals surface area contributed by atoms with Crippen LogP contribution in [0.1, 0.15) is 24.1 Å². The van der Waals surface area contributed by atoms with E-state index in [0.29, 0.717) is 0 Å². The minimum Gasteiger partial charge on any atom is -0.483 e. The lowest BCUT2D eigenvalue weighted by Gasteiger charge is -2.17. The Morgan fingerprint density at radius 1 is 1.14 bits per heavy atom. The summed E-state index contributed by atoms with van der Waals surface area (Å²) >= 11 is 0. The lowest BCUT2D eigenvalue weighted by Crippen LogP contribution is -2.34. The van der Waals surface area contributed by atoms with Gasteiger partial charge in [0.1, 0.15) is 5.75 Å². The van der Waals surface area contributed by atoms with Gasteiger partial charge in [-0.15, -0.1) is 0 Å². The molecule has 2 aromatic rings. The van der Waals surface area contributed by atoms with Gasteiger partial charge in [-0.3, -0.25) is 4.79 Å². The van der Waals surface area contributed by atoms with E-state index >= 15 is 0 Å². The number of amides is 1. The second kappa shape index (κ2) is 8.20. The largest absolute Gasteiger partial charge is 0.483 e. The highest BCUT2D eigenvalue weighted by Crippen LogP contribution is 2.18. The van der Waals surface area contributed by atoms with Gasteiger partial charge in [0.05, 0.1) is 12.6 Å². The highest BCUT2D eigenvalue weighted by atomic mass is 16.5. The van der Waals surface area contributed by atoms with Crippen LogP contribution < -0.4 is 10.1 Å². The monoisotopic (exact) mass is 299 g/mol. The molecule has 0 heterocycles. The van der Waals surface area contributed by atoms with Gasteiger partial charge in [0, 0.05) is 0 Å². The van der Waals surface area contributed by atoms with Crippen molar-refractivity contribution in [3.63, 3.8) is 0 Å². The second-order valence-corrected chi connectivity index (χ2v) is 4.96. The molecule has 2 aromatic carbocycles. The number of aliphatic hydroxyl groups is 1. The van der Waals surface area contributed by atoms with E-state index in [2.05, 4.69) is 5.32 Å². The van der Waals surface area contributed by atoms with E-state index in [0.717, 1.165) is 23.3 Å². The molecule has 2 rings (SSSR count). The highest BCUT2D eigenvalue weighted by molar-refractivity contribution is 5.78. The zero-order valence-electron chi connectivity index (χ0n) is 12.7. The smallest absolute Gasteiger partial charge is 0.258 e. The number of benzene rings is 2. The van der Waals surface area contributed by atoms with Crippen molar-refractivity contribution in [2.45, 2.75) is 19.4 Å². The molecule has 0 bridgehead atoms. The molecular weight excluding hydrogens is 278 g/mol. The quantitative estimate of drug-likeness (QED) is 0.826. The van der Waals surface area contributed by atoms with Gasteiger partial charge in [-0.05, 0) is 23.6 Å². The van der Waals surface area contributed by atoms with Crippen LogP contribution in [-0.4, -0.2) is 24.2 Å². The Balaban J connectivity index is 1.92. The first-order valence-corrected chi connectivity index (χ1v) is 7.40. The van der Waals surface area contributed by atoms with Crippen LogP contribution in [0.3, 0.4) is 0 Å². The number of aryl methyl sites for hydroxylation is 1. The average Bonchev–Trinajstić information content (AvgIpc) is 2.58. The first-order chi connectivity index (χ1) is 10.7. The van der Waals surface area contributed by atoms with Crippen molar-refractivity contribution in [3.8, 4) is 5.75 Å². The molecule has 0 saturated heterocycles. The van der Waals surface area contributed by atoms with Crippen LogP contribution in [-0.2, 0) is 11.2 Å². The Morgan fingerprint density at radius 2 is 1.82 bits per heavy atom. The van der Waals surface area contributed by atoms with E-state index in [1.54, 1.807) is 0 Å². The molecule has 0 aliphatic heterocycles. The molecule has 22 heavy (non-hydrogen) atoms. The zero-order chi connectivity index (χ0) is 15.8. The molecule has 4 heteroatoms. The van der Waals surface area contributed by atoms with Crippen molar-refractivity contribution in [3.05, 3.63) is 65.7 Å². The van der Waals surface area contributed by atoms with Gasteiger partial charge in [-0.1, -0.05) is 55.5 Å². The first-order valence-electron chi connectivity index (χ1n) is 7.40. The van der Waals surface area contributed by atoms with Crippen LogP contribution in [0.2, 0.25) is 0 Å². The molecule has 0 aliphatic rings. The average molecular weight is 299 g/mol. The van der Waals surface area contributed by atoms with Crippen molar-refractivity contribution in [1.29, 1.82) is 0 Å². The fraction of sp³-hybridized carbons (Fsp3) is 0.278. The molecule has 2 N–H and O–H groups in total. The van der Waals surface area contributed by atoms with E-state index in [9.17, 15) is 9.90 Å². The number of rotatable bonds is 7. The third-order valence-electron chi connectivity index (χ3n) is 3.43. The topological polar surface area (TPSA) is 58.6 Å². The summed E-state index contributed by atoms with van der Waals surface area (Å²) in [5.74, 6) is 0.467. The minimum atomic E-state index is -0.418. The Kier molecular flexibility index (Phi) is 5.98. The van der Waals surface area contributed by atoms with Gasteiger partial charge in [-0.2, -0.15) is 0 Å². The van der Waals surface area contributed by atoms with Crippen LogP contribution in [0, 0.1) is 0 Å². The summed E-state index contributed by atoms with van der Waals surface area (Å²) in [5, 5.41) is 12.2. The molecule has 0 radical (unpaired) electrons. The minimum absolute atomic E-state index is 0.0691. The normalized spacial score (nSPS) is 11.7. The fourth-order valence-corrected chi connectivity index (χ4v) is 2.24. The molecule has 0 aromatic heterocycles. The third kappa shape index (κ3) is 4.33. The Hall–Kier alpha value is -2.33. The number of carbonyl (C=O) groups is 1. The SMILES string of the molecule is CCc1ccccc1OCC(=O)N[C@H](CO)c1ccccc1. The number of carbonyl (C=O) groups excluding carboxylic acids is 1. The molecule has 1 amide bonds. The van der Waals surface area contributed by atoms with Gasteiger partial charge in [0.15, 0.2) is 6.61 Å². The Bertz CT molecular complexity index is 598. The number of nitrogens with one attached hydrogen (secondary N) is 1. The summed E-state index contributed by atoms with van der Waals surface area (Å²) in [6, 6.07) is 16.6. The van der Waals surface area contributed by atoms with E-state index in [4.69, 9.17) is 4.74 Å².